The van der Waals surface area contributed by atoms with Gasteiger partial charge in [0.1, 0.15) is 4.90 Å². The Morgan fingerprint density at radius 2 is 1.58 bits per heavy atom. The van der Waals surface area contributed by atoms with Crippen molar-refractivity contribution in [3.8, 4) is 0 Å². The van der Waals surface area contributed by atoms with Gasteiger partial charge < -0.3 is 9.47 Å². The average Bonchev–Trinajstić information content (AvgIpc) is 3.20. The largest absolute Gasteiger partial charge is 0.350 e. The number of rotatable bonds is 4. The molecule has 2 heterocycles. The van der Waals surface area contributed by atoms with E-state index in [2.05, 4.69) is 4.72 Å². The van der Waals surface area contributed by atoms with Crippen LogP contribution in [0.25, 0.3) is 0 Å². The van der Waals surface area contributed by atoms with E-state index in [0.717, 1.165) is 18.4 Å². The summed E-state index contributed by atoms with van der Waals surface area (Å²) in [4.78, 5) is 14.8. The molecule has 0 radical (unpaired) electrons. The van der Waals surface area contributed by atoms with Gasteiger partial charge in [-0.1, -0.05) is 17.7 Å². The number of anilines is 1. The minimum atomic E-state index is -3.88. The third-order valence-corrected chi connectivity index (χ3v) is 6.64. The van der Waals surface area contributed by atoms with Gasteiger partial charge in [0.15, 0.2) is 0 Å². The fourth-order valence-corrected chi connectivity index (χ4v) is 4.98. The van der Waals surface area contributed by atoms with Crippen LogP contribution < -0.4 is 4.72 Å². The van der Waals surface area contributed by atoms with E-state index in [1.54, 1.807) is 42.5 Å². The Bertz CT molecular complexity index is 937. The zero-order valence-corrected chi connectivity index (χ0v) is 16.5. The number of aromatic nitrogens is 1. The van der Waals surface area contributed by atoms with Gasteiger partial charge in [-0.05, 0) is 45.7 Å². The monoisotopic (exact) mass is 375 g/mol. The quantitative estimate of drug-likeness (QED) is 0.893. The highest BCUT2D eigenvalue weighted by molar-refractivity contribution is 7.92. The summed E-state index contributed by atoms with van der Waals surface area (Å²) >= 11 is 0. The summed E-state index contributed by atoms with van der Waals surface area (Å²) in [7, 11) is -2.09. The van der Waals surface area contributed by atoms with Crippen molar-refractivity contribution in [2.24, 2.45) is 7.05 Å². The molecular weight excluding hydrogens is 350 g/mol. The molecule has 0 aliphatic carbocycles. The number of nitrogens with one attached hydrogen (secondary N) is 1. The Kier molecular flexibility index (Phi) is 4.84. The predicted molar refractivity (Wildman–Crippen MR) is 102 cm³/mol. The predicted octanol–water partition coefficient (Wildman–Crippen LogP) is 2.99. The minimum Gasteiger partial charge on any atom is -0.350 e. The lowest BCUT2D eigenvalue weighted by Crippen LogP contribution is -2.30. The van der Waals surface area contributed by atoms with Gasteiger partial charge in [0, 0.05) is 37.2 Å². The molecule has 1 aliphatic rings. The maximum absolute atomic E-state index is 13.1. The number of carbonyl (C=O) groups is 1. The van der Waals surface area contributed by atoms with Crippen molar-refractivity contribution in [1.29, 1.82) is 0 Å². The van der Waals surface area contributed by atoms with Crippen LogP contribution in [-0.2, 0) is 17.1 Å². The van der Waals surface area contributed by atoms with Crippen LogP contribution in [0.4, 0.5) is 5.69 Å². The number of amides is 1. The summed E-state index contributed by atoms with van der Waals surface area (Å²) in [6.45, 7) is 6.82. The Morgan fingerprint density at radius 3 is 2.15 bits per heavy atom. The lowest BCUT2D eigenvalue weighted by atomic mass is 10.2. The number of carbonyl (C=O) groups excluding carboxylic acids is 1. The van der Waals surface area contributed by atoms with Gasteiger partial charge in [-0.2, -0.15) is 0 Å². The van der Waals surface area contributed by atoms with E-state index in [1.807, 2.05) is 19.1 Å². The van der Waals surface area contributed by atoms with Crippen LogP contribution >= 0.6 is 0 Å². The molecule has 0 spiro atoms. The number of aryl methyl sites for hydroxylation is 1. The van der Waals surface area contributed by atoms with Crippen LogP contribution in [0, 0.1) is 20.8 Å². The maximum Gasteiger partial charge on any atom is 0.264 e. The SMILES string of the molecule is Cc1ccc(NS(=O)(=O)c2c(C(=O)N3CCCC3)c(C)n(C)c2C)cc1. The van der Waals surface area contributed by atoms with Crippen molar-refractivity contribution in [2.75, 3.05) is 17.8 Å². The van der Waals surface area contributed by atoms with Crippen LogP contribution in [0.1, 0.15) is 40.2 Å². The summed E-state index contributed by atoms with van der Waals surface area (Å²) in [5.41, 5.74) is 3.04. The fraction of sp³-hybridized carbons (Fsp3) is 0.421. The van der Waals surface area contributed by atoms with Gasteiger partial charge in [-0.15, -0.1) is 0 Å². The topological polar surface area (TPSA) is 71.4 Å². The van der Waals surface area contributed by atoms with Crippen molar-refractivity contribution < 1.29 is 13.2 Å². The molecule has 3 rings (SSSR count). The first kappa shape index (κ1) is 18.5. The van der Waals surface area contributed by atoms with Crippen molar-refractivity contribution in [3.05, 3.63) is 46.8 Å². The molecule has 1 aliphatic heterocycles. The molecule has 26 heavy (non-hydrogen) atoms. The standard InChI is InChI=1S/C19H25N3O3S/c1-13-7-9-16(10-8-13)20-26(24,25)18-15(3)21(4)14(2)17(18)19(23)22-11-5-6-12-22/h7-10,20H,5-6,11-12H2,1-4H3. The first-order valence-electron chi connectivity index (χ1n) is 8.77. The molecule has 2 aromatic rings. The average molecular weight is 375 g/mol. The maximum atomic E-state index is 13.1. The van der Waals surface area contributed by atoms with Crippen molar-refractivity contribution in [2.45, 2.75) is 38.5 Å². The van der Waals surface area contributed by atoms with Crippen LogP contribution in [0.15, 0.2) is 29.2 Å². The zero-order chi connectivity index (χ0) is 19.1. The molecule has 0 unspecified atom stereocenters. The smallest absolute Gasteiger partial charge is 0.264 e. The highest BCUT2D eigenvalue weighted by Gasteiger charge is 2.33. The van der Waals surface area contributed by atoms with Gasteiger partial charge in [-0.25, -0.2) is 8.42 Å². The molecule has 1 aromatic carbocycles. The normalized spacial score (nSPS) is 14.7. The molecule has 6 nitrogen and oxygen atoms in total. The number of nitrogens with zero attached hydrogens (tertiary/aromatic N) is 2. The second kappa shape index (κ2) is 6.79. The molecule has 0 saturated carbocycles. The number of hydrogen-bond donors (Lipinski definition) is 1. The number of hydrogen-bond acceptors (Lipinski definition) is 3. The second-order valence-corrected chi connectivity index (χ2v) is 8.52. The van der Waals surface area contributed by atoms with E-state index in [1.165, 1.54) is 0 Å². The Balaban J connectivity index is 2.06. The lowest BCUT2D eigenvalue weighted by molar-refractivity contribution is 0.0788. The van der Waals surface area contributed by atoms with Gasteiger partial charge >= 0.3 is 0 Å². The third kappa shape index (κ3) is 3.23. The molecule has 1 N–H and O–H groups in total. The number of likely N-dealkylation sites (tertiary alicyclic amines) is 1. The molecule has 1 amide bonds. The summed E-state index contributed by atoms with van der Waals surface area (Å²) in [6, 6.07) is 7.13. The van der Waals surface area contributed by atoms with Gasteiger partial charge in [0.25, 0.3) is 15.9 Å². The highest BCUT2D eigenvalue weighted by Crippen LogP contribution is 2.30. The van der Waals surface area contributed by atoms with E-state index in [-0.39, 0.29) is 16.4 Å². The van der Waals surface area contributed by atoms with Gasteiger partial charge in [-0.3, -0.25) is 9.52 Å². The number of benzene rings is 1. The van der Waals surface area contributed by atoms with Crippen LogP contribution in [-0.4, -0.2) is 36.9 Å². The molecule has 0 atom stereocenters. The van der Waals surface area contributed by atoms with E-state index in [4.69, 9.17) is 0 Å². The number of sulfonamides is 1. The summed E-state index contributed by atoms with van der Waals surface area (Å²) in [5.74, 6) is -0.201. The van der Waals surface area contributed by atoms with E-state index < -0.39 is 10.0 Å². The summed E-state index contributed by atoms with van der Waals surface area (Å²) in [6.07, 6.45) is 1.92. The van der Waals surface area contributed by atoms with E-state index in [0.29, 0.717) is 30.2 Å². The summed E-state index contributed by atoms with van der Waals surface area (Å²) in [5, 5.41) is 0. The van der Waals surface area contributed by atoms with Crippen molar-refractivity contribution in [1.82, 2.24) is 9.47 Å². The fourth-order valence-electron chi connectivity index (χ4n) is 3.40. The molecule has 0 bridgehead atoms. The summed E-state index contributed by atoms with van der Waals surface area (Å²) < 4.78 is 30.6. The Labute approximate surface area is 154 Å². The molecule has 1 saturated heterocycles. The van der Waals surface area contributed by atoms with Crippen molar-refractivity contribution >= 4 is 21.6 Å². The molecule has 1 fully saturated rings. The van der Waals surface area contributed by atoms with Crippen LogP contribution in [0.5, 0.6) is 0 Å². The van der Waals surface area contributed by atoms with E-state index >= 15 is 0 Å². The molecule has 140 valence electrons. The highest BCUT2D eigenvalue weighted by atomic mass is 32.2. The second-order valence-electron chi connectivity index (χ2n) is 6.90. The first-order valence-corrected chi connectivity index (χ1v) is 10.3. The first-order chi connectivity index (χ1) is 12.2. The molecule has 7 heteroatoms. The lowest BCUT2D eigenvalue weighted by Gasteiger charge is -2.17. The Morgan fingerprint density at radius 1 is 1.00 bits per heavy atom. The van der Waals surface area contributed by atoms with Crippen LogP contribution in [0.2, 0.25) is 0 Å². The Hall–Kier alpha value is -2.28. The zero-order valence-electron chi connectivity index (χ0n) is 15.7. The minimum absolute atomic E-state index is 0.0787. The van der Waals surface area contributed by atoms with E-state index in [9.17, 15) is 13.2 Å². The molecular formula is C19H25N3O3S. The van der Waals surface area contributed by atoms with Gasteiger partial charge in [0.2, 0.25) is 0 Å². The van der Waals surface area contributed by atoms with Gasteiger partial charge in [0.05, 0.1) is 5.56 Å². The third-order valence-electron chi connectivity index (χ3n) is 5.10. The van der Waals surface area contributed by atoms with Crippen LogP contribution in [0.3, 0.4) is 0 Å². The molecule has 1 aromatic heterocycles. The van der Waals surface area contributed by atoms with Crippen molar-refractivity contribution in [3.63, 3.8) is 0 Å².